The normalized spacial score (nSPS) is 11.5. The van der Waals surface area contributed by atoms with Gasteiger partial charge in [0.15, 0.2) is 0 Å². The molecule has 0 fully saturated rings. The summed E-state index contributed by atoms with van der Waals surface area (Å²) >= 11 is 0. The number of hydrogen-bond acceptors (Lipinski definition) is 5. The van der Waals surface area contributed by atoms with E-state index in [1.54, 1.807) is 7.05 Å². The van der Waals surface area contributed by atoms with Gasteiger partial charge in [0.25, 0.3) is 15.6 Å². The van der Waals surface area contributed by atoms with Crippen LogP contribution in [-0.2, 0) is 17.1 Å². The molecule has 0 radical (unpaired) electrons. The summed E-state index contributed by atoms with van der Waals surface area (Å²) in [5.74, 6) is 0. The summed E-state index contributed by atoms with van der Waals surface area (Å²) in [6.07, 6.45) is 2.31. The average molecular weight is 285 g/mol. The molecule has 0 unspecified atom stereocenters. The van der Waals surface area contributed by atoms with Gasteiger partial charge in [-0.15, -0.1) is 0 Å². The molecule has 2 aromatic heterocycles. The van der Waals surface area contributed by atoms with Crippen LogP contribution in [0.5, 0.6) is 0 Å². The van der Waals surface area contributed by atoms with Crippen molar-refractivity contribution in [3.05, 3.63) is 38.9 Å². The number of nitrogens with zero attached hydrogens (tertiary/aromatic N) is 2. The second-order valence-corrected chi connectivity index (χ2v) is 5.49. The van der Waals surface area contributed by atoms with Crippen LogP contribution in [0.3, 0.4) is 0 Å². The van der Waals surface area contributed by atoms with Gasteiger partial charge in [-0.2, -0.15) is 5.10 Å². The van der Waals surface area contributed by atoms with E-state index in [1.807, 2.05) is 4.98 Å². The van der Waals surface area contributed by atoms with E-state index in [-0.39, 0.29) is 10.6 Å². The first kappa shape index (κ1) is 13.1. The van der Waals surface area contributed by atoms with Crippen molar-refractivity contribution in [1.29, 1.82) is 0 Å². The van der Waals surface area contributed by atoms with Crippen molar-refractivity contribution in [3.8, 4) is 0 Å². The van der Waals surface area contributed by atoms with Gasteiger partial charge < -0.3 is 4.98 Å². The number of aromatic amines is 2. The molecule has 10 heteroatoms. The Balaban J connectivity index is 2.45. The van der Waals surface area contributed by atoms with E-state index in [4.69, 9.17) is 0 Å². The highest BCUT2D eigenvalue weighted by Gasteiger charge is 2.21. The topological polar surface area (TPSA) is 130 Å². The largest absolute Gasteiger partial charge is 0.325 e. The van der Waals surface area contributed by atoms with E-state index < -0.39 is 21.3 Å². The molecule has 2 heterocycles. The zero-order valence-corrected chi connectivity index (χ0v) is 10.9. The lowest BCUT2D eigenvalue weighted by atomic mass is 10.5. The third-order valence-corrected chi connectivity index (χ3v) is 3.79. The molecule has 0 aromatic carbocycles. The van der Waals surface area contributed by atoms with Crippen LogP contribution < -0.4 is 16.0 Å². The molecular weight excluding hydrogens is 274 g/mol. The number of aromatic nitrogens is 4. The van der Waals surface area contributed by atoms with E-state index in [0.29, 0.717) is 5.69 Å². The highest BCUT2D eigenvalue weighted by Crippen LogP contribution is 2.15. The van der Waals surface area contributed by atoms with Crippen molar-refractivity contribution in [2.45, 2.75) is 11.8 Å². The molecule has 0 atom stereocenters. The molecule has 0 saturated heterocycles. The molecule has 0 aliphatic heterocycles. The Kier molecular flexibility index (Phi) is 3.02. The predicted octanol–water partition coefficient (Wildman–Crippen LogP) is -1.09. The summed E-state index contributed by atoms with van der Waals surface area (Å²) in [7, 11) is -2.35. The number of hydrogen-bond donors (Lipinski definition) is 3. The van der Waals surface area contributed by atoms with E-state index in [2.05, 4.69) is 14.8 Å². The fourth-order valence-electron chi connectivity index (χ4n) is 1.53. The Labute approximate surface area is 107 Å². The molecule has 102 valence electrons. The fraction of sp³-hybridized carbons (Fsp3) is 0.222. The maximum Gasteiger partial charge on any atom is 0.325 e. The molecule has 2 aromatic rings. The molecule has 2 rings (SSSR count). The van der Waals surface area contributed by atoms with Gasteiger partial charge >= 0.3 is 5.69 Å². The number of H-pyrrole nitrogens is 2. The summed E-state index contributed by atoms with van der Waals surface area (Å²) in [5, 5.41) is 3.91. The molecule has 3 N–H and O–H groups in total. The quantitative estimate of drug-likeness (QED) is 0.659. The Bertz CT molecular complexity index is 829. The van der Waals surface area contributed by atoms with Crippen LogP contribution in [0, 0.1) is 6.92 Å². The Morgan fingerprint density at radius 2 is 2.05 bits per heavy atom. The van der Waals surface area contributed by atoms with Crippen molar-refractivity contribution < 1.29 is 8.42 Å². The molecule has 9 nitrogen and oxygen atoms in total. The third kappa shape index (κ3) is 2.57. The van der Waals surface area contributed by atoms with Gasteiger partial charge in [-0.25, -0.2) is 13.2 Å². The second-order valence-electron chi connectivity index (χ2n) is 3.84. The third-order valence-electron chi connectivity index (χ3n) is 2.32. The van der Waals surface area contributed by atoms with E-state index in [1.165, 1.54) is 17.8 Å². The Hall–Kier alpha value is -2.36. The molecule has 0 spiro atoms. The highest BCUT2D eigenvalue weighted by atomic mass is 32.2. The number of rotatable bonds is 3. The lowest BCUT2D eigenvalue weighted by Crippen LogP contribution is -2.26. The lowest BCUT2D eigenvalue weighted by molar-refractivity contribution is 0.600. The van der Waals surface area contributed by atoms with Crippen molar-refractivity contribution in [1.82, 2.24) is 19.7 Å². The zero-order chi connectivity index (χ0) is 14.2. The SMILES string of the molecule is Cc1nn(C)cc1S(=O)(=O)Nc1c[nH]c(=O)[nH]c1=O. The van der Waals surface area contributed by atoms with Gasteiger partial charge in [-0.1, -0.05) is 0 Å². The minimum atomic E-state index is -3.93. The summed E-state index contributed by atoms with van der Waals surface area (Å²) in [5.41, 5.74) is -1.52. The first-order chi connectivity index (χ1) is 8.79. The summed E-state index contributed by atoms with van der Waals surface area (Å²) in [6, 6.07) is 0. The smallest absolute Gasteiger partial charge is 0.312 e. The highest BCUT2D eigenvalue weighted by molar-refractivity contribution is 7.92. The van der Waals surface area contributed by atoms with Crippen LogP contribution in [0.2, 0.25) is 0 Å². The van der Waals surface area contributed by atoms with Gasteiger partial charge in [0.1, 0.15) is 10.6 Å². The van der Waals surface area contributed by atoms with Gasteiger partial charge in [-0.3, -0.25) is 19.2 Å². The van der Waals surface area contributed by atoms with Crippen LogP contribution in [0.1, 0.15) is 5.69 Å². The molecule has 0 aliphatic rings. The van der Waals surface area contributed by atoms with Crippen molar-refractivity contribution in [2.75, 3.05) is 4.72 Å². The molecule has 0 saturated carbocycles. The molecule has 19 heavy (non-hydrogen) atoms. The van der Waals surface area contributed by atoms with Crippen LogP contribution in [0.15, 0.2) is 26.9 Å². The number of aryl methyl sites for hydroxylation is 2. The average Bonchev–Trinajstić information content (AvgIpc) is 2.63. The zero-order valence-electron chi connectivity index (χ0n) is 10.1. The second kappa shape index (κ2) is 4.39. The standard InChI is InChI=1S/C9H11N5O4S/c1-5-7(4-14(2)12-5)19(17,18)13-6-3-10-9(16)11-8(6)15/h3-4,13H,1-2H3,(H2,10,11,15,16). The predicted molar refractivity (Wildman–Crippen MR) is 66.4 cm³/mol. The maximum absolute atomic E-state index is 12.1. The Morgan fingerprint density at radius 3 is 2.58 bits per heavy atom. The first-order valence-electron chi connectivity index (χ1n) is 5.14. The van der Waals surface area contributed by atoms with Crippen molar-refractivity contribution in [2.24, 2.45) is 7.05 Å². The van der Waals surface area contributed by atoms with Gasteiger partial charge in [0.2, 0.25) is 0 Å². The monoisotopic (exact) mass is 285 g/mol. The molecule has 0 amide bonds. The first-order valence-corrected chi connectivity index (χ1v) is 6.63. The van der Waals surface area contributed by atoms with E-state index in [0.717, 1.165) is 6.20 Å². The van der Waals surface area contributed by atoms with Crippen LogP contribution in [-0.4, -0.2) is 28.2 Å². The number of nitrogens with one attached hydrogen (secondary N) is 3. The number of anilines is 1. The minimum Gasteiger partial charge on any atom is -0.312 e. The van der Waals surface area contributed by atoms with E-state index >= 15 is 0 Å². The van der Waals surface area contributed by atoms with Crippen LogP contribution >= 0.6 is 0 Å². The molecular formula is C9H11N5O4S. The Morgan fingerprint density at radius 1 is 1.37 bits per heavy atom. The fourth-order valence-corrected chi connectivity index (χ4v) is 2.80. The van der Waals surface area contributed by atoms with Gasteiger partial charge in [0, 0.05) is 19.4 Å². The van der Waals surface area contributed by atoms with Crippen molar-refractivity contribution >= 4 is 15.7 Å². The minimum absolute atomic E-state index is 0.0411. The summed E-state index contributed by atoms with van der Waals surface area (Å²) < 4.78 is 27.6. The molecule has 0 bridgehead atoms. The van der Waals surface area contributed by atoms with Gasteiger partial charge in [-0.05, 0) is 6.92 Å². The lowest BCUT2D eigenvalue weighted by Gasteiger charge is -2.05. The van der Waals surface area contributed by atoms with Crippen LogP contribution in [0.4, 0.5) is 5.69 Å². The van der Waals surface area contributed by atoms with Crippen molar-refractivity contribution in [3.63, 3.8) is 0 Å². The maximum atomic E-state index is 12.1. The summed E-state index contributed by atoms with van der Waals surface area (Å²) in [6.45, 7) is 1.53. The summed E-state index contributed by atoms with van der Waals surface area (Å²) in [4.78, 5) is 26.3. The van der Waals surface area contributed by atoms with Gasteiger partial charge in [0.05, 0.1) is 5.69 Å². The molecule has 0 aliphatic carbocycles. The number of sulfonamides is 1. The van der Waals surface area contributed by atoms with Crippen LogP contribution in [0.25, 0.3) is 0 Å². The van der Waals surface area contributed by atoms with E-state index in [9.17, 15) is 18.0 Å².